The molecule has 15 heavy (non-hydrogen) atoms. The average Bonchev–Trinajstić information content (AvgIpc) is 2.72. The summed E-state index contributed by atoms with van der Waals surface area (Å²) in [4.78, 5) is 1.52. The first-order valence-electron chi connectivity index (χ1n) is 5.67. The zero-order valence-electron chi connectivity index (χ0n) is 9.52. The van der Waals surface area contributed by atoms with Gasteiger partial charge in [-0.05, 0) is 11.4 Å². The lowest BCUT2D eigenvalue weighted by molar-refractivity contribution is -0.956. The van der Waals surface area contributed by atoms with E-state index in [4.69, 9.17) is 0 Å². The number of hydrogen-bond donors (Lipinski definition) is 1. The molecule has 0 bridgehead atoms. The van der Waals surface area contributed by atoms with Crippen molar-refractivity contribution in [3.63, 3.8) is 0 Å². The number of aliphatic hydroxyl groups excluding tert-OH is 1. The second kappa shape index (κ2) is 4.24. The van der Waals surface area contributed by atoms with Crippen LogP contribution in [0.15, 0.2) is 17.5 Å². The lowest BCUT2D eigenvalue weighted by Crippen LogP contribution is -2.54. The fourth-order valence-electron chi connectivity index (χ4n) is 2.34. The van der Waals surface area contributed by atoms with E-state index in [9.17, 15) is 5.11 Å². The molecule has 0 amide bonds. The molecule has 84 valence electrons. The molecule has 2 rings (SSSR count). The predicted molar refractivity (Wildman–Crippen MR) is 63.9 cm³/mol. The van der Waals surface area contributed by atoms with E-state index in [-0.39, 0.29) is 6.23 Å². The third-order valence-electron chi connectivity index (χ3n) is 3.82. The van der Waals surface area contributed by atoms with Gasteiger partial charge in [0.15, 0.2) is 6.23 Å². The summed E-state index contributed by atoms with van der Waals surface area (Å²) in [5.74, 6) is 0.731. The van der Waals surface area contributed by atoms with Crippen LogP contribution in [0.3, 0.4) is 0 Å². The number of hydrogen-bond acceptors (Lipinski definition) is 2. The van der Waals surface area contributed by atoms with Crippen LogP contribution in [0.4, 0.5) is 0 Å². The summed E-state index contributed by atoms with van der Waals surface area (Å²) in [7, 11) is 2.16. The molecule has 3 heteroatoms. The van der Waals surface area contributed by atoms with Gasteiger partial charge in [0.25, 0.3) is 0 Å². The van der Waals surface area contributed by atoms with E-state index in [1.807, 2.05) is 18.3 Å². The maximum atomic E-state index is 9.73. The summed E-state index contributed by atoms with van der Waals surface area (Å²) in [5.41, 5.74) is 0. The molecule has 0 radical (unpaired) electrons. The summed E-state index contributed by atoms with van der Waals surface area (Å²) in [6, 6.07) is 4.38. The number of aliphatic hydroxyl groups is 1. The fraction of sp³-hybridized carbons (Fsp3) is 0.667. The van der Waals surface area contributed by atoms with Gasteiger partial charge >= 0.3 is 0 Å². The van der Waals surface area contributed by atoms with E-state index in [1.54, 1.807) is 0 Å². The second-order valence-electron chi connectivity index (χ2n) is 4.85. The van der Waals surface area contributed by atoms with Crippen molar-refractivity contribution in [1.29, 1.82) is 0 Å². The summed E-state index contributed by atoms with van der Waals surface area (Å²) >= 11 is 1.87. The van der Waals surface area contributed by atoms with Crippen molar-refractivity contribution in [3.8, 4) is 0 Å². The average molecular weight is 226 g/mol. The van der Waals surface area contributed by atoms with Gasteiger partial charge in [0.05, 0.1) is 20.1 Å². The van der Waals surface area contributed by atoms with Gasteiger partial charge in [-0.1, -0.05) is 6.07 Å². The largest absolute Gasteiger partial charge is 0.345 e. The van der Waals surface area contributed by atoms with Gasteiger partial charge in [-0.2, -0.15) is 0 Å². The zero-order valence-corrected chi connectivity index (χ0v) is 10.3. The minimum atomic E-state index is -0.228. The number of thiophene rings is 1. The molecule has 1 unspecified atom stereocenters. The topological polar surface area (TPSA) is 20.2 Å². The first kappa shape index (κ1) is 11.1. The molecular weight excluding hydrogens is 206 g/mol. The Labute approximate surface area is 95.7 Å². The van der Waals surface area contributed by atoms with E-state index in [2.05, 4.69) is 24.6 Å². The molecule has 0 spiro atoms. The quantitative estimate of drug-likeness (QED) is 0.768. The van der Waals surface area contributed by atoms with Crippen molar-refractivity contribution in [2.45, 2.75) is 31.9 Å². The smallest absolute Gasteiger partial charge is 0.187 e. The minimum absolute atomic E-state index is 0.228. The molecule has 0 aliphatic carbocycles. The van der Waals surface area contributed by atoms with Crippen LogP contribution in [-0.4, -0.2) is 36.0 Å². The molecule has 0 saturated carbocycles. The maximum Gasteiger partial charge on any atom is 0.187 e. The molecule has 1 aliphatic rings. The van der Waals surface area contributed by atoms with Crippen molar-refractivity contribution in [2.75, 3.05) is 20.1 Å². The van der Waals surface area contributed by atoms with Crippen molar-refractivity contribution >= 4 is 11.3 Å². The Morgan fingerprint density at radius 1 is 1.47 bits per heavy atom. The molecule has 1 atom stereocenters. The summed E-state index contributed by atoms with van der Waals surface area (Å²) in [6.45, 7) is 4.10. The molecule has 1 aliphatic heterocycles. The van der Waals surface area contributed by atoms with Crippen LogP contribution in [0.5, 0.6) is 0 Å². The summed E-state index contributed by atoms with van der Waals surface area (Å²) < 4.78 is 0.821. The van der Waals surface area contributed by atoms with Gasteiger partial charge in [0, 0.05) is 30.6 Å². The van der Waals surface area contributed by atoms with Gasteiger partial charge in [0.2, 0.25) is 0 Å². The van der Waals surface area contributed by atoms with Gasteiger partial charge < -0.3 is 9.59 Å². The molecule has 1 saturated heterocycles. The number of likely N-dealkylation sites (tertiary alicyclic amines) is 1. The van der Waals surface area contributed by atoms with E-state index in [0.29, 0.717) is 0 Å². The highest BCUT2D eigenvalue weighted by Crippen LogP contribution is 2.33. The number of quaternary nitrogens is 1. The Bertz CT molecular complexity index is 299. The van der Waals surface area contributed by atoms with E-state index < -0.39 is 0 Å². The number of piperidine rings is 1. The van der Waals surface area contributed by atoms with Gasteiger partial charge in [-0.25, -0.2) is 0 Å². The lowest BCUT2D eigenvalue weighted by atomic mass is 9.93. The van der Waals surface area contributed by atoms with Crippen LogP contribution >= 0.6 is 11.3 Å². The Kier molecular flexibility index (Phi) is 3.14. The number of rotatable bonds is 2. The lowest BCUT2D eigenvalue weighted by Gasteiger charge is -2.42. The van der Waals surface area contributed by atoms with E-state index in [0.717, 1.165) is 23.5 Å². The Morgan fingerprint density at radius 2 is 2.13 bits per heavy atom. The van der Waals surface area contributed by atoms with Crippen LogP contribution in [0.1, 0.15) is 30.6 Å². The van der Waals surface area contributed by atoms with Crippen molar-refractivity contribution in [1.82, 2.24) is 0 Å². The van der Waals surface area contributed by atoms with Crippen LogP contribution in [0.25, 0.3) is 0 Å². The van der Waals surface area contributed by atoms with Gasteiger partial charge in [-0.3, -0.25) is 0 Å². The molecule has 2 heterocycles. The van der Waals surface area contributed by atoms with Gasteiger partial charge in [0.1, 0.15) is 0 Å². The number of nitrogens with zero attached hydrogens (tertiary/aromatic N) is 1. The SMILES string of the molecule is CC(O)[N+]1(C)CCC(c2cccs2)CC1. The molecule has 1 N–H and O–H groups in total. The van der Waals surface area contributed by atoms with Crippen molar-refractivity contribution in [2.24, 2.45) is 0 Å². The highest BCUT2D eigenvalue weighted by molar-refractivity contribution is 7.10. The third kappa shape index (κ3) is 2.25. The maximum absolute atomic E-state index is 9.73. The molecule has 1 aromatic rings. The monoisotopic (exact) mass is 226 g/mol. The second-order valence-corrected chi connectivity index (χ2v) is 5.83. The predicted octanol–water partition coefficient (Wildman–Crippen LogP) is 2.41. The molecule has 0 aromatic carbocycles. The van der Waals surface area contributed by atoms with Crippen LogP contribution < -0.4 is 0 Å². The van der Waals surface area contributed by atoms with E-state index >= 15 is 0 Å². The first-order chi connectivity index (χ1) is 7.12. The normalized spacial score (nSPS) is 33.9. The van der Waals surface area contributed by atoms with Crippen molar-refractivity contribution in [3.05, 3.63) is 22.4 Å². The molecule has 2 nitrogen and oxygen atoms in total. The Balaban J connectivity index is 1.98. The third-order valence-corrected chi connectivity index (χ3v) is 4.86. The summed E-state index contributed by atoms with van der Waals surface area (Å²) in [6.07, 6.45) is 2.19. The summed E-state index contributed by atoms with van der Waals surface area (Å²) in [5, 5.41) is 11.9. The first-order valence-corrected chi connectivity index (χ1v) is 6.55. The Hall–Kier alpha value is -0.380. The fourth-order valence-corrected chi connectivity index (χ4v) is 3.24. The highest BCUT2D eigenvalue weighted by Gasteiger charge is 2.34. The van der Waals surface area contributed by atoms with E-state index in [1.165, 1.54) is 17.7 Å². The highest BCUT2D eigenvalue weighted by atomic mass is 32.1. The van der Waals surface area contributed by atoms with Crippen LogP contribution in [-0.2, 0) is 0 Å². The van der Waals surface area contributed by atoms with Crippen LogP contribution in [0.2, 0.25) is 0 Å². The standard InChI is InChI=1S/C12H20NOS/c1-10(14)13(2)7-5-11(6-8-13)12-4-3-9-15-12/h3-4,9-11,14H,5-8H2,1-2H3/q+1. The molecular formula is C12H20NOS+. The minimum Gasteiger partial charge on any atom is -0.345 e. The molecule has 1 fully saturated rings. The Morgan fingerprint density at radius 3 is 2.60 bits per heavy atom. The van der Waals surface area contributed by atoms with Crippen LogP contribution in [0, 0.1) is 0 Å². The zero-order chi connectivity index (χ0) is 10.9. The van der Waals surface area contributed by atoms with Gasteiger partial charge in [-0.15, -0.1) is 11.3 Å². The molecule has 1 aromatic heterocycles. The van der Waals surface area contributed by atoms with Crippen molar-refractivity contribution < 1.29 is 9.59 Å².